The summed E-state index contributed by atoms with van der Waals surface area (Å²) in [5.41, 5.74) is 4.39. The van der Waals surface area contributed by atoms with Gasteiger partial charge in [-0.05, 0) is 84.3 Å². The standard InChI is InChI=1S/C30H50N4O2/c1-9-11-18-31-19-17-26(25-15-13-24(14-16-25)21-34(7)8)20-27(12-10-2)28(35)32-22-30(5,6)29(36)33-23(3)4/h13,15,17,20,31H,3,9-12,14,16,18-19,21-22H2,1-2,4-8H3,(H,32,35)(H,33,36)/b26-17+,27-20+. The van der Waals surface area contributed by atoms with E-state index in [9.17, 15) is 9.59 Å². The molecule has 1 rings (SSSR count). The highest BCUT2D eigenvalue weighted by atomic mass is 16.2. The van der Waals surface area contributed by atoms with Crippen LogP contribution in [0.4, 0.5) is 0 Å². The molecule has 1 aliphatic rings. The van der Waals surface area contributed by atoms with Gasteiger partial charge < -0.3 is 20.9 Å². The minimum absolute atomic E-state index is 0.113. The van der Waals surface area contributed by atoms with E-state index < -0.39 is 5.41 Å². The van der Waals surface area contributed by atoms with Crippen LogP contribution in [0.5, 0.6) is 0 Å². The molecule has 0 saturated heterocycles. The molecular weight excluding hydrogens is 448 g/mol. The van der Waals surface area contributed by atoms with E-state index in [-0.39, 0.29) is 18.4 Å². The third kappa shape index (κ3) is 12.0. The molecule has 2 amide bonds. The van der Waals surface area contributed by atoms with Gasteiger partial charge in [0, 0.05) is 30.9 Å². The Morgan fingerprint density at radius 2 is 1.86 bits per heavy atom. The number of nitrogens with one attached hydrogen (secondary N) is 3. The zero-order valence-corrected chi connectivity index (χ0v) is 23.9. The molecule has 0 bridgehead atoms. The zero-order valence-electron chi connectivity index (χ0n) is 23.9. The summed E-state index contributed by atoms with van der Waals surface area (Å²) >= 11 is 0. The van der Waals surface area contributed by atoms with Crippen LogP contribution in [0.1, 0.15) is 73.1 Å². The van der Waals surface area contributed by atoms with Gasteiger partial charge in [-0.1, -0.05) is 57.1 Å². The summed E-state index contributed by atoms with van der Waals surface area (Å²) in [6.07, 6.45) is 14.6. The maximum atomic E-state index is 13.2. The number of amides is 2. The summed E-state index contributed by atoms with van der Waals surface area (Å²) in [6.45, 7) is 16.4. The summed E-state index contributed by atoms with van der Waals surface area (Å²) in [4.78, 5) is 27.9. The summed E-state index contributed by atoms with van der Waals surface area (Å²) in [5.74, 6) is -0.263. The molecule has 6 nitrogen and oxygen atoms in total. The number of nitrogens with zero attached hydrogens (tertiary/aromatic N) is 1. The summed E-state index contributed by atoms with van der Waals surface area (Å²) in [7, 11) is 4.18. The fourth-order valence-electron chi connectivity index (χ4n) is 3.89. The Bertz CT molecular complexity index is 875. The third-order valence-corrected chi connectivity index (χ3v) is 6.07. The van der Waals surface area contributed by atoms with E-state index in [1.54, 1.807) is 6.92 Å². The van der Waals surface area contributed by atoms with Gasteiger partial charge in [0.2, 0.25) is 11.8 Å². The zero-order chi connectivity index (χ0) is 27.1. The molecule has 202 valence electrons. The Hall–Kier alpha value is -2.44. The quantitative estimate of drug-likeness (QED) is 0.159. The normalized spacial score (nSPS) is 14.9. The van der Waals surface area contributed by atoms with E-state index in [1.165, 1.54) is 11.1 Å². The van der Waals surface area contributed by atoms with Crippen molar-refractivity contribution in [2.24, 2.45) is 5.41 Å². The number of carbonyl (C=O) groups excluding carboxylic acids is 2. The lowest BCUT2D eigenvalue weighted by molar-refractivity contribution is -0.128. The van der Waals surface area contributed by atoms with Crippen molar-refractivity contribution < 1.29 is 9.59 Å². The molecule has 0 spiro atoms. The average Bonchev–Trinajstić information content (AvgIpc) is 2.81. The van der Waals surface area contributed by atoms with Crippen molar-refractivity contribution in [2.45, 2.75) is 73.1 Å². The lowest BCUT2D eigenvalue weighted by atomic mass is 9.90. The molecule has 0 aromatic heterocycles. The number of rotatable bonds is 16. The molecule has 6 heteroatoms. The second-order valence-corrected chi connectivity index (χ2v) is 10.7. The first-order chi connectivity index (χ1) is 17.0. The van der Waals surface area contributed by atoms with Gasteiger partial charge in [0.15, 0.2) is 0 Å². The fourth-order valence-corrected chi connectivity index (χ4v) is 3.89. The first kappa shape index (κ1) is 31.6. The van der Waals surface area contributed by atoms with Gasteiger partial charge in [-0.15, -0.1) is 0 Å². The van der Waals surface area contributed by atoms with Gasteiger partial charge in [0.25, 0.3) is 0 Å². The molecule has 3 N–H and O–H groups in total. The Balaban J connectivity index is 3.12. The Labute approximate surface area is 220 Å². The number of carbonyl (C=O) groups is 2. The van der Waals surface area contributed by atoms with E-state index in [4.69, 9.17) is 0 Å². The number of allylic oxidation sites excluding steroid dienone is 6. The molecule has 0 saturated carbocycles. The van der Waals surface area contributed by atoms with Crippen LogP contribution in [0.2, 0.25) is 0 Å². The minimum atomic E-state index is -0.743. The number of unbranched alkanes of at least 4 members (excludes halogenated alkanes) is 1. The maximum Gasteiger partial charge on any atom is 0.247 e. The van der Waals surface area contributed by atoms with Crippen molar-refractivity contribution in [1.29, 1.82) is 0 Å². The Kier molecular flexibility index (Phi) is 14.3. The second-order valence-electron chi connectivity index (χ2n) is 10.7. The average molecular weight is 499 g/mol. The van der Waals surface area contributed by atoms with Crippen LogP contribution in [0, 0.1) is 5.41 Å². The number of hydrogen-bond acceptors (Lipinski definition) is 4. The van der Waals surface area contributed by atoms with E-state index in [0.29, 0.717) is 12.1 Å². The van der Waals surface area contributed by atoms with Gasteiger partial charge >= 0.3 is 0 Å². The topological polar surface area (TPSA) is 73.5 Å². The molecule has 0 heterocycles. The van der Waals surface area contributed by atoms with E-state index in [1.807, 2.05) is 13.8 Å². The molecule has 0 atom stereocenters. The first-order valence-electron chi connectivity index (χ1n) is 13.4. The molecule has 36 heavy (non-hydrogen) atoms. The Morgan fingerprint density at radius 1 is 1.14 bits per heavy atom. The van der Waals surface area contributed by atoms with Crippen molar-refractivity contribution in [3.05, 3.63) is 58.9 Å². The van der Waals surface area contributed by atoms with Crippen LogP contribution in [0.25, 0.3) is 0 Å². The maximum absolute atomic E-state index is 13.2. The number of likely N-dealkylation sites (N-methyl/N-ethyl adjacent to an activating group) is 1. The molecule has 0 fully saturated rings. The lowest BCUT2D eigenvalue weighted by Gasteiger charge is -2.24. The van der Waals surface area contributed by atoms with Crippen LogP contribution in [0.15, 0.2) is 58.9 Å². The van der Waals surface area contributed by atoms with Gasteiger partial charge in [-0.3, -0.25) is 9.59 Å². The van der Waals surface area contributed by atoms with E-state index >= 15 is 0 Å². The second kappa shape index (κ2) is 16.3. The van der Waals surface area contributed by atoms with Gasteiger partial charge in [-0.2, -0.15) is 0 Å². The van der Waals surface area contributed by atoms with Crippen LogP contribution in [0.3, 0.4) is 0 Å². The molecular formula is C30H50N4O2. The molecule has 0 radical (unpaired) electrons. The predicted molar refractivity (Wildman–Crippen MR) is 153 cm³/mol. The smallest absolute Gasteiger partial charge is 0.247 e. The molecule has 1 aliphatic carbocycles. The molecule has 0 unspecified atom stereocenters. The van der Waals surface area contributed by atoms with E-state index in [2.05, 4.69) is 79.7 Å². The third-order valence-electron chi connectivity index (χ3n) is 6.07. The first-order valence-corrected chi connectivity index (χ1v) is 13.4. The molecule has 0 aromatic carbocycles. The number of hydrogen-bond donors (Lipinski definition) is 3. The van der Waals surface area contributed by atoms with Gasteiger partial charge in [-0.25, -0.2) is 0 Å². The summed E-state index contributed by atoms with van der Waals surface area (Å²) in [5, 5.41) is 9.25. The minimum Gasteiger partial charge on any atom is -0.351 e. The molecule has 0 aromatic rings. The van der Waals surface area contributed by atoms with Gasteiger partial charge in [0.1, 0.15) is 0 Å². The van der Waals surface area contributed by atoms with Crippen LogP contribution in [-0.4, -0.2) is 57.0 Å². The van der Waals surface area contributed by atoms with Crippen molar-refractivity contribution in [3.63, 3.8) is 0 Å². The van der Waals surface area contributed by atoms with Crippen molar-refractivity contribution in [2.75, 3.05) is 40.3 Å². The predicted octanol–water partition coefficient (Wildman–Crippen LogP) is 5.03. The molecule has 0 aliphatic heterocycles. The van der Waals surface area contributed by atoms with Gasteiger partial charge in [0.05, 0.1) is 5.41 Å². The van der Waals surface area contributed by atoms with Crippen LogP contribution < -0.4 is 16.0 Å². The SMILES string of the molecule is C=C(C)NC(=O)C(C)(C)CNC(=O)/C(=C/C(=C\CNCCCC)C1=CC=C(CN(C)C)CC1)CCC. The van der Waals surface area contributed by atoms with Crippen molar-refractivity contribution >= 4 is 11.8 Å². The summed E-state index contributed by atoms with van der Waals surface area (Å²) < 4.78 is 0. The monoisotopic (exact) mass is 498 g/mol. The Morgan fingerprint density at radius 3 is 2.42 bits per heavy atom. The van der Waals surface area contributed by atoms with Crippen molar-refractivity contribution in [3.8, 4) is 0 Å². The van der Waals surface area contributed by atoms with Crippen molar-refractivity contribution in [1.82, 2.24) is 20.9 Å². The lowest BCUT2D eigenvalue weighted by Crippen LogP contribution is -2.44. The van der Waals surface area contributed by atoms with E-state index in [0.717, 1.165) is 62.9 Å². The highest BCUT2D eigenvalue weighted by Gasteiger charge is 2.28. The fraction of sp³-hybridized carbons (Fsp3) is 0.600. The van der Waals surface area contributed by atoms with Crippen LogP contribution >= 0.6 is 0 Å². The van der Waals surface area contributed by atoms with Crippen LogP contribution in [-0.2, 0) is 9.59 Å². The highest BCUT2D eigenvalue weighted by Crippen LogP contribution is 2.27. The summed E-state index contributed by atoms with van der Waals surface area (Å²) in [6, 6.07) is 0. The highest BCUT2D eigenvalue weighted by molar-refractivity contribution is 5.94. The largest absolute Gasteiger partial charge is 0.351 e.